The van der Waals surface area contributed by atoms with Crippen LogP contribution in [0.2, 0.25) is 0 Å². The highest BCUT2D eigenvalue weighted by atomic mass is 32.2. The third kappa shape index (κ3) is 6.78. The molecule has 0 saturated carbocycles. The van der Waals surface area contributed by atoms with Crippen LogP contribution in [0.5, 0.6) is 0 Å². The average molecular weight is 487 g/mol. The van der Waals surface area contributed by atoms with Crippen molar-refractivity contribution in [1.82, 2.24) is 4.72 Å². The zero-order chi connectivity index (χ0) is 24.8. The average Bonchev–Trinajstić information content (AvgIpc) is 2.77. The first-order valence-electron chi connectivity index (χ1n) is 9.77. The van der Waals surface area contributed by atoms with E-state index in [1.165, 1.54) is 36.4 Å². The van der Waals surface area contributed by atoms with E-state index >= 15 is 0 Å². The fraction of sp³-hybridized carbons (Fsp3) is 0.364. The Labute approximate surface area is 189 Å². The summed E-state index contributed by atoms with van der Waals surface area (Å²) in [5.41, 5.74) is 1.01. The molecule has 0 radical (unpaired) electrons. The van der Waals surface area contributed by atoms with Crippen molar-refractivity contribution in [3.63, 3.8) is 0 Å². The molecule has 0 spiro atoms. The molecule has 0 unspecified atom stereocenters. The first-order valence-corrected chi connectivity index (χ1v) is 11.2. The zero-order valence-corrected chi connectivity index (χ0v) is 18.9. The van der Waals surface area contributed by atoms with Crippen LogP contribution in [0.4, 0.5) is 13.2 Å². The van der Waals surface area contributed by atoms with E-state index in [-0.39, 0.29) is 10.5 Å². The number of carbonyl (C=O) groups is 2. The maximum Gasteiger partial charge on any atom is 0.393 e. The number of aryl methyl sites for hydroxylation is 1. The Morgan fingerprint density at radius 1 is 0.939 bits per heavy atom. The van der Waals surface area contributed by atoms with Crippen LogP contribution in [0.3, 0.4) is 0 Å². The van der Waals surface area contributed by atoms with Gasteiger partial charge in [-0.1, -0.05) is 48.0 Å². The lowest BCUT2D eigenvalue weighted by atomic mass is 9.84. The van der Waals surface area contributed by atoms with E-state index in [1.54, 1.807) is 25.1 Å². The summed E-state index contributed by atoms with van der Waals surface area (Å²) in [4.78, 5) is 24.0. The molecule has 2 aromatic rings. The largest absolute Gasteiger partial charge is 0.468 e. The van der Waals surface area contributed by atoms with E-state index in [0.717, 1.165) is 19.8 Å². The summed E-state index contributed by atoms with van der Waals surface area (Å²) in [6.45, 7) is 1.75. The molecule has 33 heavy (non-hydrogen) atoms. The summed E-state index contributed by atoms with van der Waals surface area (Å²) in [7, 11) is -2.55. The number of methoxy groups -OCH3 is 2. The molecule has 0 aliphatic carbocycles. The third-order valence-electron chi connectivity index (χ3n) is 5.05. The van der Waals surface area contributed by atoms with Gasteiger partial charge >= 0.3 is 18.1 Å². The smallest absolute Gasteiger partial charge is 0.393 e. The SMILES string of the molecule is COC(=O)C(C(=O)OC)[C@H](C[C@@H](NS(=O)(=O)c1ccc(C)cc1)c1ccccc1)C(F)(F)F. The Hall–Kier alpha value is -2.92. The van der Waals surface area contributed by atoms with E-state index in [0.29, 0.717) is 0 Å². The Morgan fingerprint density at radius 2 is 1.45 bits per heavy atom. The van der Waals surface area contributed by atoms with Gasteiger partial charge in [-0.15, -0.1) is 0 Å². The van der Waals surface area contributed by atoms with Crippen LogP contribution in [0.15, 0.2) is 59.5 Å². The molecule has 180 valence electrons. The summed E-state index contributed by atoms with van der Waals surface area (Å²) in [5.74, 6) is -7.77. The summed E-state index contributed by atoms with van der Waals surface area (Å²) < 4.78 is 79.1. The van der Waals surface area contributed by atoms with Crippen molar-refractivity contribution in [2.24, 2.45) is 11.8 Å². The van der Waals surface area contributed by atoms with Gasteiger partial charge in [0.2, 0.25) is 10.0 Å². The molecular formula is C22H24F3NO6S. The van der Waals surface area contributed by atoms with Gasteiger partial charge in [-0.25, -0.2) is 13.1 Å². The van der Waals surface area contributed by atoms with Gasteiger partial charge < -0.3 is 9.47 Å². The van der Waals surface area contributed by atoms with Gasteiger partial charge in [0, 0.05) is 6.04 Å². The molecule has 0 saturated heterocycles. The fourth-order valence-electron chi connectivity index (χ4n) is 3.30. The second-order valence-corrected chi connectivity index (χ2v) is 9.02. The van der Waals surface area contributed by atoms with Gasteiger partial charge in [-0.3, -0.25) is 9.59 Å². The molecule has 0 aromatic heterocycles. The molecular weight excluding hydrogens is 463 g/mol. The minimum atomic E-state index is -5.05. The summed E-state index contributed by atoms with van der Waals surface area (Å²) in [5, 5.41) is 0. The molecule has 2 atom stereocenters. The Balaban J connectivity index is 2.52. The topological polar surface area (TPSA) is 98.8 Å². The normalized spacial score (nSPS) is 13.9. The van der Waals surface area contributed by atoms with Crippen LogP contribution in [0.1, 0.15) is 23.6 Å². The van der Waals surface area contributed by atoms with Gasteiger partial charge in [0.15, 0.2) is 5.92 Å². The second kappa shape index (κ2) is 10.8. The Kier molecular flexibility index (Phi) is 8.62. The molecule has 2 rings (SSSR count). The molecule has 0 bridgehead atoms. The number of alkyl halides is 3. The van der Waals surface area contributed by atoms with E-state index in [1.807, 2.05) is 0 Å². The highest BCUT2D eigenvalue weighted by molar-refractivity contribution is 7.89. The Bertz CT molecular complexity index is 1040. The first kappa shape index (κ1) is 26.3. The first-order chi connectivity index (χ1) is 15.4. The number of sulfonamides is 1. The van der Waals surface area contributed by atoms with Crippen molar-refractivity contribution in [3.8, 4) is 0 Å². The van der Waals surface area contributed by atoms with Crippen molar-refractivity contribution in [2.75, 3.05) is 14.2 Å². The maximum atomic E-state index is 14.0. The van der Waals surface area contributed by atoms with E-state index in [9.17, 15) is 31.2 Å². The van der Waals surface area contributed by atoms with Gasteiger partial charge in [-0.2, -0.15) is 13.2 Å². The minimum Gasteiger partial charge on any atom is -0.468 e. The van der Waals surface area contributed by atoms with E-state index < -0.39 is 52.4 Å². The van der Waals surface area contributed by atoms with E-state index in [4.69, 9.17) is 0 Å². The predicted octanol–water partition coefficient (Wildman–Crippen LogP) is 3.55. The molecule has 2 aromatic carbocycles. The standard InChI is InChI=1S/C22H24F3NO6S/c1-14-9-11-16(12-10-14)33(29,30)26-18(15-7-5-4-6-8-15)13-17(22(23,24)25)19(20(27)31-2)21(28)32-3/h4-12,17-19,26H,13H2,1-3H3/t17-,18+/m0/s1. The van der Waals surface area contributed by atoms with Crippen molar-refractivity contribution < 1.29 is 40.7 Å². The fourth-order valence-corrected chi connectivity index (χ4v) is 4.54. The van der Waals surface area contributed by atoms with Crippen LogP contribution in [-0.4, -0.2) is 40.8 Å². The number of esters is 2. The molecule has 11 heteroatoms. The van der Waals surface area contributed by atoms with Crippen molar-refractivity contribution in [2.45, 2.75) is 30.5 Å². The highest BCUT2D eigenvalue weighted by Crippen LogP contribution is 2.40. The zero-order valence-electron chi connectivity index (χ0n) is 18.1. The highest BCUT2D eigenvalue weighted by Gasteiger charge is 2.52. The molecule has 0 heterocycles. The van der Waals surface area contributed by atoms with Crippen molar-refractivity contribution >= 4 is 22.0 Å². The van der Waals surface area contributed by atoms with Crippen molar-refractivity contribution in [1.29, 1.82) is 0 Å². The predicted molar refractivity (Wildman–Crippen MR) is 112 cm³/mol. The maximum absolute atomic E-state index is 14.0. The molecule has 7 nitrogen and oxygen atoms in total. The minimum absolute atomic E-state index is 0.143. The van der Waals surface area contributed by atoms with Gasteiger partial charge in [0.25, 0.3) is 0 Å². The second-order valence-electron chi connectivity index (χ2n) is 7.31. The van der Waals surface area contributed by atoms with Crippen LogP contribution in [0.25, 0.3) is 0 Å². The van der Waals surface area contributed by atoms with Crippen LogP contribution < -0.4 is 4.72 Å². The number of benzene rings is 2. The molecule has 0 amide bonds. The summed E-state index contributed by atoms with van der Waals surface area (Å²) >= 11 is 0. The summed E-state index contributed by atoms with van der Waals surface area (Å²) in [6, 6.07) is 11.9. The number of hydrogen-bond donors (Lipinski definition) is 1. The molecule has 0 aliphatic rings. The van der Waals surface area contributed by atoms with Gasteiger partial charge in [0.1, 0.15) is 0 Å². The van der Waals surface area contributed by atoms with Crippen molar-refractivity contribution in [3.05, 3.63) is 65.7 Å². The number of nitrogens with one attached hydrogen (secondary N) is 1. The summed E-state index contributed by atoms with van der Waals surface area (Å²) in [6.07, 6.45) is -6.00. The monoisotopic (exact) mass is 487 g/mol. The number of hydrogen-bond acceptors (Lipinski definition) is 6. The lowest BCUT2D eigenvalue weighted by Crippen LogP contribution is -2.43. The number of carbonyl (C=O) groups excluding carboxylic acids is 2. The molecule has 0 aliphatic heterocycles. The quantitative estimate of drug-likeness (QED) is 0.429. The molecule has 0 fully saturated rings. The number of halogens is 3. The molecule has 1 N–H and O–H groups in total. The number of ether oxygens (including phenoxy) is 2. The van der Waals surface area contributed by atoms with Crippen LogP contribution in [0, 0.1) is 18.8 Å². The van der Waals surface area contributed by atoms with E-state index in [2.05, 4.69) is 14.2 Å². The Morgan fingerprint density at radius 3 is 1.91 bits per heavy atom. The lowest BCUT2D eigenvalue weighted by Gasteiger charge is -2.29. The number of rotatable bonds is 9. The van der Waals surface area contributed by atoms with Gasteiger partial charge in [-0.05, 0) is 31.0 Å². The van der Waals surface area contributed by atoms with Crippen LogP contribution >= 0.6 is 0 Å². The van der Waals surface area contributed by atoms with Crippen LogP contribution in [-0.2, 0) is 29.1 Å². The lowest BCUT2D eigenvalue weighted by molar-refractivity contribution is -0.206. The van der Waals surface area contributed by atoms with Gasteiger partial charge in [0.05, 0.1) is 25.0 Å². The third-order valence-corrected chi connectivity index (χ3v) is 6.54.